The number of aromatic nitrogens is 1. The van der Waals surface area contributed by atoms with E-state index in [-0.39, 0.29) is 11.4 Å². The van der Waals surface area contributed by atoms with Crippen LogP contribution in [0.1, 0.15) is 16.1 Å². The van der Waals surface area contributed by atoms with Crippen molar-refractivity contribution in [1.29, 1.82) is 0 Å². The maximum Gasteiger partial charge on any atom is 0.274 e. The first-order valence-electron chi connectivity index (χ1n) is 5.82. The normalized spacial score (nSPS) is 10.1. The van der Waals surface area contributed by atoms with Crippen LogP contribution in [0.2, 0.25) is 0 Å². The summed E-state index contributed by atoms with van der Waals surface area (Å²) in [5, 5.41) is 5.44. The van der Waals surface area contributed by atoms with Gasteiger partial charge in [0, 0.05) is 7.05 Å². The number of para-hydroxylation sites is 1. The predicted molar refractivity (Wildman–Crippen MR) is 72.9 cm³/mol. The number of hydrogen-bond acceptors (Lipinski definition) is 3. The first-order valence-corrected chi connectivity index (χ1v) is 5.82. The predicted octanol–water partition coefficient (Wildman–Crippen LogP) is 2.82. The molecule has 2 aromatic rings. The molecule has 0 aliphatic rings. The summed E-state index contributed by atoms with van der Waals surface area (Å²) in [5.41, 5.74) is 1.90. The Morgan fingerprint density at radius 2 is 2.05 bits per heavy atom. The number of amides is 1. The average molecular weight is 259 g/mol. The largest absolute Gasteiger partial charge is 0.387 e. The smallest absolute Gasteiger partial charge is 0.274 e. The van der Waals surface area contributed by atoms with Gasteiger partial charge in [0.2, 0.25) is 0 Å². The number of rotatable bonds is 3. The molecule has 0 bridgehead atoms. The van der Waals surface area contributed by atoms with E-state index in [2.05, 4.69) is 15.6 Å². The van der Waals surface area contributed by atoms with Crippen LogP contribution < -0.4 is 10.6 Å². The second-order valence-corrected chi connectivity index (χ2v) is 4.07. The summed E-state index contributed by atoms with van der Waals surface area (Å²) in [6, 6.07) is 7.95. The quantitative estimate of drug-likeness (QED) is 0.891. The lowest BCUT2D eigenvalue weighted by atomic mass is 10.2. The number of benzene rings is 1. The highest BCUT2D eigenvalue weighted by molar-refractivity contribution is 6.03. The number of hydrogen-bond donors (Lipinski definition) is 2. The van der Waals surface area contributed by atoms with Crippen molar-refractivity contribution >= 4 is 17.3 Å². The van der Waals surface area contributed by atoms with E-state index in [1.807, 2.05) is 0 Å². The number of nitrogens with zero attached hydrogens (tertiary/aromatic N) is 1. The number of aryl methyl sites for hydroxylation is 1. The molecule has 0 atom stereocenters. The summed E-state index contributed by atoms with van der Waals surface area (Å²) in [4.78, 5) is 16.0. The zero-order valence-corrected chi connectivity index (χ0v) is 10.7. The third-order valence-electron chi connectivity index (χ3n) is 2.75. The van der Waals surface area contributed by atoms with E-state index in [1.165, 1.54) is 6.07 Å². The first kappa shape index (κ1) is 13.0. The molecule has 2 N–H and O–H groups in total. The van der Waals surface area contributed by atoms with Crippen molar-refractivity contribution < 1.29 is 9.18 Å². The van der Waals surface area contributed by atoms with Crippen molar-refractivity contribution in [2.24, 2.45) is 0 Å². The van der Waals surface area contributed by atoms with Crippen LogP contribution in [0.25, 0.3) is 0 Å². The van der Waals surface area contributed by atoms with Gasteiger partial charge in [-0.1, -0.05) is 12.1 Å². The average Bonchev–Trinajstić information content (AvgIpc) is 2.43. The molecule has 5 heteroatoms. The Labute approximate surface area is 110 Å². The minimum Gasteiger partial charge on any atom is -0.387 e. The van der Waals surface area contributed by atoms with E-state index in [0.29, 0.717) is 5.56 Å². The van der Waals surface area contributed by atoms with Gasteiger partial charge in [0.25, 0.3) is 5.91 Å². The molecular formula is C14H14FN3O. The summed E-state index contributed by atoms with van der Waals surface area (Å²) < 4.78 is 13.6. The van der Waals surface area contributed by atoms with Gasteiger partial charge in [0.1, 0.15) is 11.5 Å². The van der Waals surface area contributed by atoms with E-state index in [4.69, 9.17) is 0 Å². The minimum absolute atomic E-state index is 0.187. The Morgan fingerprint density at radius 1 is 1.26 bits per heavy atom. The van der Waals surface area contributed by atoms with Gasteiger partial charge in [0.15, 0.2) is 0 Å². The molecule has 1 heterocycles. The molecule has 19 heavy (non-hydrogen) atoms. The zero-order chi connectivity index (χ0) is 13.8. The maximum atomic E-state index is 13.6. The fourth-order valence-corrected chi connectivity index (χ4v) is 1.64. The van der Waals surface area contributed by atoms with Crippen molar-refractivity contribution in [2.75, 3.05) is 17.7 Å². The van der Waals surface area contributed by atoms with Crippen molar-refractivity contribution in [1.82, 2.24) is 4.98 Å². The molecule has 0 radical (unpaired) electrons. The molecule has 98 valence electrons. The van der Waals surface area contributed by atoms with Gasteiger partial charge in [-0.05, 0) is 30.7 Å². The van der Waals surface area contributed by atoms with Crippen molar-refractivity contribution in [3.05, 3.63) is 53.6 Å². The first-order chi connectivity index (χ1) is 9.11. The lowest BCUT2D eigenvalue weighted by molar-refractivity contribution is 0.102. The van der Waals surface area contributed by atoms with Crippen LogP contribution in [0.3, 0.4) is 0 Å². The van der Waals surface area contributed by atoms with Crippen LogP contribution in [0.5, 0.6) is 0 Å². The van der Waals surface area contributed by atoms with Crippen LogP contribution in [-0.4, -0.2) is 17.9 Å². The van der Waals surface area contributed by atoms with Gasteiger partial charge in [-0.2, -0.15) is 0 Å². The Bertz CT molecular complexity index is 576. The monoisotopic (exact) mass is 259 g/mol. The molecule has 0 aliphatic carbocycles. The van der Waals surface area contributed by atoms with Gasteiger partial charge in [-0.25, -0.2) is 9.37 Å². The summed E-state index contributed by atoms with van der Waals surface area (Å²) in [7, 11) is 1.76. The van der Waals surface area contributed by atoms with E-state index in [9.17, 15) is 9.18 Å². The molecule has 1 aromatic carbocycles. The maximum absolute atomic E-state index is 13.6. The SMILES string of the molecule is CNc1ccc(C(=O)Nc2c(C)cccc2F)nc1. The Hall–Kier alpha value is -2.43. The molecule has 4 nitrogen and oxygen atoms in total. The molecule has 0 saturated carbocycles. The molecular weight excluding hydrogens is 245 g/mol. The highest BCUT2D eigenvalue weighted by atomic mass is 19.1. The minimum atomic E-state index is -0.458. The standard InChI is InChI=1S/C14H14FN3O/c1-9-4-3-5-11(15)13(9)18-14(19)12-7-6-10(16-2)8-17-12/h3-8,16H,1-2H3,(H,18,19). The highest BCUT2D eigenvalue weighted by Gasteiger charge is 2.12. The van der Waals surface area contributed by atoms with Crippen LogP contribution in [-0.2, 0) is 0 Å². The van der Waals surface area contributed by atoms with E-state index in [1.54, 1.807) is 44.4 Å². The molecule has 0 aliphatic heterocycles. The van der Waals surface area contributed by atoms with E-state index >= 15 is 0 Å². The molecule has 2 rings (SSSR count). The summed E-state index contributed by atoms with van der Waals surface area (Å²) >= 11 is 0. The summed E-state index contributed by atoms with van der Waals surface area (Å²) in [6.07, 6.45) is 1.54. The van der Waals surface area contributed by atoms with Crippen molar-refractivity contribution in [2.45, 2.75) is 6.92 Å². The van der Waals surface area contributed by atoms with E-state index in [0.717, 1.165) is 5.69 Å². The second-order valence-electron chi connectivity index (χ2n) is 4.07. The molecule has 1 aromatic heterocycles. The number of carbonyl (C=O) groups is 1. The number of anilines is 2. The summed E-state index contributed by atoms with van der Waals surface area (Å²) in [5.74, 6) is -0.893. The molecule has 1 amide bonds. The Balaban J connectivity index is 2.20. The van der Waals surface area contributed by atoms with Crippen LogP contribution in [0, 0.1) is 12.7 Å². The van der Waals surface area contributed by atoms with Gasteiger partial charge in [-0.15, -0.1) is 0 Å². The lowest BCUT2D eigenvalue weighted by Gasteiger charge is -2.09. The number of halogens is 1. The Kier molecular flexibility index (Phi) is 3.75. The molecule has 0 fully saturated rings. The third-order valence-corrected chi connectivity index (χ3v) is 2.75. The second kappa shape index (κ2) is 5.48. The molecule has 0 unspecified atom stereocenters. The number of nitrogens with one attached hydrogen (secondary N) is 2. The van der Waals surface area contributed by atoms with Crippen molar-refractivity contribution in [3.8, 4) is 0 Å². The van der Waals surface area contributed by atoms with Gasteiger partial charge in [0.05, 0.1) is 17.6 Å². The molecule has 0 spiro atoms. The molecule has 0 saturated heterocycles. The van der Waals surface area contributed by atoms with Gasteiger partial charge < -0.3 is 10.6 Å². The van der Waals surface area contributed by atoms with Crippen LogP contribution in [0.4, 0.5) is 15.8 Å². The third kappa shape index (κ3) is 2.88. The van der Waals surface area contributed by atoms with Crippen LogP contribution >= 0.6 is 0 Å². The van der Waals surface area contributed by atoms with E-state index < -0.39 is 11.7 Å². The number of carbonyl (C=O) groups excluding carboxylic acids is 1. The lowest BCUT2D eigenvalue weighted by Crippen LogP contribution is -2.15. The Morgan fingerprint density at radius 3 is 2.63 bits per heavy atom. The number of pyridine rings is 1. The van der Waals surface area contributed by atoms with Gasteiger partial charge in [-0.3, -0.25) is 4.79 Å². The van der Waals surface area contributed by atoms with Gasteiger partial charge >= 0.3 is 0 Å². The fourth-order valence-electron chi connectivity index (χ4n) is 1.64. The highest BCUT2D eigenvalue weighted by Crippen LogP contribution is 2.19. The summed E-state index contributed by atoms with van der Waals surface area (Å²) in [6.45, 7) is 1.73. The fraction of sp³-hybridized carbons (Fsp3) is 0.143. The zero-order valence-electron chi connectivity index (χ0n) is 10.7. The van der Waals surface area contributed by atoms with Crippen molar-refractivity contribution in [3.63, 3.8) is 0 Å². The van der Waals surface area contributed by atoms with Crippen LogP contribution in [0.15, 0.2) is 36.5 Å². The topological polar surface area (TPSA) is 54.0 Å².